The maximum absolute atomic E-state index is 12.9. The first-order valence-corrected chi connectivity index (χ1v) is 8.18. The number of nitrogens with one attached hydrogen (secondary N) is 1. The van der Waals surface area contributed by atoms with Gasteiger partial charge in [0.2, 0.25) is 5.91 Å². The average Bonchev–Trinajstić information content (AvgIpc) is 3.17. The van der Waals surface area contributed by atoms with E-state index in [-0.39, 0.29) is 18.3 Å². The van der Waals surface area contributed by atoms with E-state index in [0.717, 1.165) is 38.9 Å². The molecule has 1 saturated carbocycles. The summed E-state index contributed by atoms with van der Waals surface area (Å²) in [6.45, 7) is 7.89. The monoisotopic (exact) mass is 318 g/mol. The normalized spacial score (nSPS) is 23.0. The largest absolute Gasteiger partial charge is 0.383 e. The van der Waals surface area contributed by atoms with Gasteiger partial charge in [-0.2, -0.15) is 0 Å². The molecule has 2 rings (SSSR count). The SMILES string of the molecule is CCC(CC)N(CCOC)C(=O)C1CC12CCNCC2.Cl. The summed E-state index contributed by atoms with van der Waals surface area (Å²) in [4.78, 5) is 15.0. The highest BCUT2D eigenvalue weighted by atomic mass is 35.5. The van der Waals surface area contributed by atoms with Gasteiger partial charge in [0, 0.05) is 25.6 Å². The number of rotatable bonds is 7. The van der Waals surface area contributed by atoms with Gasteiger partial charge in [0.05, 0.1) is 6.61 Å². The molecule has 2 fully saturated rings. The van der Waals surface area contributed by atoms with Crippen LogP contribution >= 0.6 is 12.4 Å². The standard InChI is InChI=1S/C16H30N2O2.ClH/c1-4-13(5-2)18(10-11-20-3)15(19)14-12-16(14)6-8-17-9-7-16;/h13-14,17H,4-12H2,1-3H3;1H. The summed E-state index contributed by atoms with van der Waals surface area (Å²) in [5.41, 5.74) is 0.333. The molecule has 1 N–H and O–H groups in total. The number of carbonyl (C=O) groups is 1. The van der Waals surface area contributed by atoms with E-state index in [2.05, 4.69) is 24.1 Å². The minimum Gasteiger partial charge on any atom is -0.383 e. The molecule has 1 atom stereocenters. The Bertz CT molecular complexity index is 328. The quantitative estimate of drug-likeness (QED) is 0.784. The van der Waals surface area contributed by atoms with Crippen LogP contribution in [0, 0.1) is 11.3 Å². The Hall–Kier alpha value is -0.320. The molecule has 0 bridgehead atoms. The second-order valence-corrected chi connectivity index (χ2v) is 6.36. The van der Waals surface area contributed by atoms with Crippen LogP contribution in [0.1, 0.15) is 46.0 Å². The molecule has 1 spiro atoms. The van der Waals surface area contributed by atoms with Crippen molar-refractivity contribution in [1.29, 1.82) is 0 Å². The van der Waals surface area contributed by atoms with Crippen LogP contribution in [0.25, 0.3) is 0 Å². The first-order chi connectivity index (χ1) is 9.68. The fraction of sp³-hybridized carbons (Fsp3) is 0.938. The number of halogens is 1. The second kappa shape index (κ2) is 8.35. The van der Waals surface area contributed by atoms with Crippen molar-refractivity contribution in [2.75, 3.05) is 33.4 Å². The van der Waals surface area contributed by atoms with Gasteiger partial charge in [-0.3, -0.25) is 4.79 Å². The maximum atomic E-state index is 12.9. The number of piperidine rings is 1. The van der Waals surface area contributed by atoms with Crippen molar-refractivity contribution >= 4 is 18.3 Å². The van der Waals surface area contributed by atoms with Crippen molar-refractivity contribution in [3.8, 4) is 0 Å². The van der Waals surface area contributed by atoms with Crippen molar-refractivity contribution in [3.63, 3.8) is 0 Å². The Morgan fingerprint density at radius 2 is 1.95 bits per heavy atom. The average molecular weight is 319 g/mol. The third-order valence-corrected chi connectivity index (χ3v) is 5.29. The number of nitrogens with zero attached hydrogens (tertiary/aromatic N) is 1. The van der Waals surface area contributed by atoms with Crippen LogP contribution in [0.15, 0.2) is 0 Å². The molecule has 0 radical (unpaired) electrons. The van der Waals surface area contributed by atoms with E-state index in [0.29, 0.717) is 24.0 Å². The summed E-state index contributed by atoms with van der Waals surface area (Å²) in [6.07, 6.45) is 5.52. The third-order valence-electron chi connectivity index (χ3n) is 5.29. The highest BCUT2D eigenvalue weighted by molar-refractivity contribution is 5.85. The van der Waals surface area contributed by atoms with E-state index < -0.39 is 0 Å². The van der Waals surface area contributed by atoms with Crippen LogP contribution in [0.2, 0.25) is 0 Å². The fourth-order valence-corrected chi connectivity index (χ4v) is 3.77. The third kappa shape index (κ3) is 4.11. The molecule has 1 unspecified atom stereocenters. The molecule has 2 aliphatic rings. The van der Waals surface area contributed by atoms with E-state index in [4.69, 9.17) is 4.74 Å². The lowest BCUT2D eigenvalue weighted by atomic mass is 9.91. The van der Waals surface area contributed by atoms with Gasteiger partial charge in [0.1, 0.15) is 0 Å². The van der Waals surface area contributed by atoms with Crippen LogP contribution in [-0.4, -0.2) is 50.2 Å². The molecular formula is C16H31ClN2O2. The molecule has 0 aromatic carbocycles. The van der Waals surface area contributed by atoms with Crippen molar-refractivity contribution in [3.05, 3.63) is 0 Å². The number of amides is 1. The molecule has 5 heteroatoms. The zero-order valence-corrected chi connectivity index (χ0v) is 14.5. The highest BCUT2D eigenvalue weighted by Crippen LogP contribution is 2.59. The molecule has 1 aliphatic heterocycles. The van der Waals surface area contributed by atoms with Gasteiger partial charge in [-0.05, 0) is 50.6 Å². The van der Waals surface area contributed by atoms with Crippen LogP contribution in [0.4, 0.5) is 0 Å². The summed E-state index contributed by atoms with van der Waals surface area (Å²) in [6, 6.07) is 0.372. The first-order valence-electron chi connectivity index (χ1n) is 8.18. The number of methoxy groups -OCH3 is 1. The van der Waals surface area contributed by atoms with Crippen molar-refractivity contribution in [2.45, 2.75) is 52.0 Å². The van der Waals surface area contributed by atoms with Gasteiger partial charge in [-0.15, -0.1) is 12.4 Å². The lowest BCUT2D eigenvalue weighted by Crippen LogP contribution is -2.44. The molecule has 0 aromatic rings. The summed E-state index contributed by atoms with van der Waals surface area (Å²) >= 11 is 0. The fourth-order valence-electron chi connectivity index (χ4n) is 3.77. The van der Waals surface area contributed by atoms with Gasteiger partial charge < -0.3 is 15.0 Å². The van der Waals surface area contributed by atoms with Gasteiger partial charge in [-0.25, -0.2) is 0 Å². The Balaban J connectivity index is 0.00000220. The summed E-state index contributed by atoms with van der Waals surface area (Å²) in [5.74, 6) is 0.666. The minimum atomic E-state index is 0. The minimum absolute atomic E-state index is 0. The number of hydrogen-bond donors (Lipinski definition) is 1. The molecule has 1 amide bonds. The van der Waals surface area contributed by atoms with Crippen LogP contribution in [0.5, 0.6) is 0 Å². The number of ether oxygens (including phenoxy) is 1. The van der Waals surface area contributed by atoms with E-state index in [1.54, 1.807) is 7.11 Å². The zero-order valence-electron chi connectivity index (χ0n) is 13.7. The maximum Gasteiger partial charge on any atom is 0.226 e. The highest BCUT2D eigenvalue weighted by Gasteiger charge is 2.58. The van der Waals surface area contributed by atoms with Gasteiger partial charge in [-0.1, -0.05) is 13.8 Å². The number of hydrogen-bond acceptors (Lipinski definition) is 3. The van der Waals surface area contributed by atoms with E-state index in [1.807, 2.05) is 0 Å². The predicted octanol–water partition coefficient (Wildman–Crippen LogP) is 2.46. The molecule has 1 saturated heterocycles. The summed E-state index contributed by atoms with van der Waals surface area (Å²) in [5, 5.41) is 3.40. The molecule has 124 valence electrons. The lowest BCUT2D eigenvalue weighted by Gasteiger charge is -2.32. The van der Waals surface area contributed by atoms with Gasteiger partial charge in [0.25, 0.3) is 0 Å². The molecule has 21 heavy (non-hydrogen) atoms. The van der Waals surface area contributed by atoms with Crippen LogP contribution < -0.4 is 5.32 Å². The van der Waals surface area contributed by atoms with E-state index in [9.17, 15) is 4.79 Å². The van der Waals surface area contributed by atoms with Gasteiger partial charge >= 0.3 is 0 Å². The molecule has 4 nitrogen and oxygen atoms in total. The molecule has 1 aliphatic carbocycles. The summed E-state index contributed by atoms with van der Waals surface area (Å²) in [7, 11) is 1.71. The first kappa shape index (κ1) is 18.7. The smallest absolute Gasteiger partial charge is 0.226 e. The second-order valence-electron chi connectivity index (χ2n) is 6.36. The van der Waals surface area contributed by atoms with E-state index >= 15 is 0 Å². The van der Waals surface area contributed by atoms with Crippen LogP contribution in [0.3, 0.4) is 0 Å². The lowest BCUT2D eigenvalue weighted by molar-refractivity contribution is -0.137. The molecular weight excluding hydrogens is 288 g/mol. The molecule has 1 heterocycles. The Kier molecular flexibility index (Phi) is 7.45. The number of carbonyl (C=O) groups excluding carboxylic acids is 1. The van der Waals surface area contributed by atoms with Crippen molar-refractivity contribution in [2.24, 2.45) is 11.3 Å². The Labute approximate surface area is 135 Å². The Morgan fingerprint density at radius 1 is 1.33 bits per heavy atom. The molecule has 0 aromatic heterocycles. The van der Waals surface area contributed by atoms with Gasteiger partial charge in [0.15, 0.2) is 0 Å². The predicted molar refractivity (Wildman–Crippen MR) is 87.9 cm³/mol. The van der Waals surface area contributed by atoms with Crippen LogP contribution in [-0.2, 0) is 9.53 Å². The van der Waals surface area contributed by atoms with E-state index in [1.165, 1.54) is 12.8 Å². The van der Waals surface area contributed by atoms with Crippen molar-refractivity contribution < 1.29 is 9.53 Å². The zero-order chi connectivity index (χ0) is 14.6. The summed E-state index contributed by atoms with van der Waals surface area (Å²) < 4.78 is 5.19. The Morgan fingerprint density at radius 3 is 2.48 bits per heavy atom. The topological polar surface area (TPSA) is 41.6 Å². The van der Waals surface area contributed by atoms with Crippen molar-refractivity contribution in [1.82, 2.24) is 10.2 Å².